The number of carboxylic acid groups (broad SMARTS) is 2. The lowest BCUT2D eigenvalue weighted by Crippen LogP contribution is -2.34. The summed E-state index contributed by atoms with van der Waals surface area (Å²) in [7, 11) is 0. The zero-order valence-corrected chi connectivity index (χ0v) is 10.6. The number of carbonyl (C=O) groups is 3. The molecule has 0 aromatic heterocycles. The highest BCUT2D eigenvalue weighted by Crippen LogP contribution is 2.14. The molecule has 1 amide bonds. The molecule has 0 aliphatic carbocycles. The van der Waals surface area contributed by atoms with Gasteiger partial charge in [-0.15, -0.1) is 0 Å². The Balaban J connectivity index is 2.74. The highest BCUT2D eigenvalue weighted by atomic mass is 16.4. The zero-order valence-electron chi connectivity index (χ0n) is 10.6. The van der Waals surface area contributed by atoms with Crippen molar-refractivity contribution in [3.05, 3.63) is 29.8 Å². The van der Waals surface area contributed by atoms with E-state index in [1.165, 1.54) is 19.1 Å². The Kier molecular flexibility index (Phi) is 5.21. The molecule has 0 saturated heterocycles. The molecule has 0 aliphatic rings. The summed E-state index contributed by atoms with van der Waals surface area (Å²) in [4.78, 5) is 32.7. The van der Waals surface area contributed by atoms with Crippen molar-refractivity contribution in [1.29, 1.82) is 0 Å². The number of aromatic carboxylic acids is 1. The fourth-order valence-corrected chi connectivity index (χ4v) is 1.25. The van der Waals surface area contributed by atoms with Gasteiger partial charge in [0.05, 0.1) is 11.3 Å². The molecule has 8 nitrogen and oxygen atoms in total. The van der Waals surface area contributed by atoms with Crippen LogP contribution in [0.15, 0.2) is 29.4 Å². The van der Waals surface area contributed by atoms with Crippen LogP contribution in [-0.2, 0) is 9.59 Å². The summed E-state index contributed by atoms with van der Waals surface area (Å²) in [6, 6.07) is 6.06. The normalized spacial score (nSPS) is 10.8. The van der Waals surface area contributed by atoms with Crippen LogP contribution in [0, 0.1) is 0 Å². The average molecular weight is 279 g/mol. The van der Waals surface area contributed by atoms with Gasteiger partial charge in [0.25, 0.3) is 5.91 Å². The maximum atomic E-state index is 11.4. The van der Waals surface area contributed by atoms with E-state index in [1.807, 2.05) is 0 Å². The van der Waals surface area contributed by atoms with Crippen LogP contribution in [0.4, 0.5) is 5.69 Å². The molecule has 4 N–H and O–H groups in total. The van der Waals surface area contributed by atoms with Crippen LogP contribution in [-0.4, -0.2) is 40.3 Å². The predicted molar refractivity (Wildman–Crippen MR) is 70.8 cm³/mol. The van der Waals surface area contributed by atoms with Gasteiger partial charge in [-0.25, -0.2) is 4.79 Å². The van der Waals surface area contributed by atoms with Gasteiger partial charge in [-0.2, -0.15) is 5.10 Å². The van der Waals surface area contributed by atoms with E-state index in [0.717, 1.165) is 0 Å². The Morgan fingerprint density at radius 2 is 1.85 bits per heavy atom. The summed E-state index contributed by atoms with van der Waals surface area (Å²) in [6.45, 7) is 0.852. The van der Waals surface area contributed by atoms with Gasteiger partial charge >= 0.3 is 11.9 Å². The molecule has 1 rings (SSSR count). The van der Waals surface area contributed by atoms with Gasteiger partial charge in [-0.05, 0) is 19.1 Å². The topological polar surface area (TPSA) is 128 Å². The number of hydrogen-bond donors (Lipinski definition) is 4. The maximum Gasteiger partial charge on any atom is 0.337 e. The fourth-order valence-electron chi connectivity index (χ4n) is 1.25. The highest BCUT2D eigenvalue weighted by molar-refractivity contribution is 6.38. The summed E-state index contributed by atoms with van der Waals surface area (Å²) < 4.78 is 0. The molecule has 0 saturated carbocycles. The molecule has 106 valence electrons. The molecule has 0 radical (unpaired) electrons. The first kappa shape index (κ1) is 15.2. The van der Waals surface area contributed by atoms with E-state index < -0.39 is 24.4 Å². The Morgan fingerprint density at radius 3 is 2.45 bits per heavy atom. The first-order valence-electron chi connectivity index (χ1n) is 5.54. The molecular weight excluding hydrogens is 266 g/mol. The number of amides is 1. The number of rotatable bonds is 6. The lowest BCUT2D eigenvalue weighted by molar-refractivity contribution is -0.137. The molecule has 20 heavy (non-hydrogen) atoms. The van der Waals surface area contributed by atoms with E-state index in [4.69, 9.17) is 10.2 Å². The van der Waals surface area contributed by atoms with Crippen LogP contribution in [0.5, 0.6) is 0 Å². The van der Waals surface area contributed by atoms with Crippen LogP contribution < -0.4 is 10.7 Å². The quantitative estimate of drug-likeness (QED) is 0.440. The van der Waals surface area contributed by atoms with E-state index in [0.29, 0.717) is 0 Å². The number of anilines is 1. The van der Waals surface area contributed by atoms with E-state index in [2.05, 4.69) is 15.8 Å². The number of nitrogens with zero attached hydrogens (tertiary/aromatic N) is 1. The minimum absolute atomic E-state index is 0.00925. The summed E-state index contributed by atoms with van der Waals surface area (Å²) in [5, 5.41) is 23.2. The zero-order chi connectivity index (χ0) is 15.1. The second-order valence-electron chi connectivity index (χ2n) is 3.74. The third-order valence-electron chi connectivity index (χ3n) is 2.23. The molecule has 1 aromatic rings. The molecule has 1 aromatic carbocycles. The molecule has 0 heterocycles. The van der Waals surface area contributed by atoms with E-state index in [-0.39, 0.29) is 17.0 Å². The van der Waals surface area contributed by atoms with E-state index >= 15 is 0 Å². The van der Waals surface area contributed by atoms with Crippen LogP contribution in [0.2, 0.25) is 0 Å². The van der Waals surface area contributed by atoms with Crippen molar-refractivity contribution in [2.45, 2.75) is 6.92 Å². The fraction of sp³-hybridized carbons (Fsp3) is 0.167. The second kappa shape index (κ2) is 6.88. The van der Waals surface area contributed by atoms with Crippen LogP contribution >= 0.6 is 0 Å². The smallest absolute Gasteiger partial charge is 0.337 e. The largest absolute Gasteiger partial charge is 0.480 e. The summed E-state index contributed by atoms with van der Waals surface area (Å²) in [5.41, 5.74) is 2.68. The molecule has 0 spiro atoms. The average Bonchev–Trinajstić information content (AvgIpc) is 2.42. The molecule has 0 aliphatic heterocycles. The number of carboxylic acids is 2. The minimum atomic E-state index is -1.17. The lowest BCUT2D eigenvalue weighted by atomic mass is 10.2. The van der Waals surface area contributed by atoms with Crippen LogP contribution in [0.25, 0.3) is 0 Å². The number of nitrogens with one attached hydrogen (secondary N) is 2. The molecule has 0 unspecified atom stereocenters. The first-order valence-corrected chi connectivity index (χ1v) is 5.54. The van der Waals surface area contributed by atoms with Crippen molar-refractivity contribution >= 4 is 29.2 Å². The van der Waals surface area contributed by atoms with Crippen molar-refractivity contribution in [3.63, 3.8) is 0 Å². The van der Waals surface area contributed by atoms with Crippen molar-refractivity contribution in [3.8, 4) is 0 Å². The van der Waals surface area contributed by atoms with Crippen molar-refractivity contribution in [1.82, 2.24) is 5.32 Å². The maximum absolute atomic E-state index is 11.4. The second-order valence-corrected chi connectivity index (χ2v) is 3.74. The third-order valence-corrected chi connectivity index (χ3v) is 2.23. The number of aliphatic carboxylic acids is 1. The van der Waals surface area contributed by atoms with Crippen LogP contribution in [0.1, 0.15) is 17.3 Å². The molecule has 0 fully saturated rings. The molecule has 8 heteroatoms. The van der Waals surface area contributed by atoms with Gasteiger partial charge in [0, 0.05) is 0 Å². The number of hydrogen-bond acceptors (Lipinski definition) is 5. The van der Waals surface area contributed by atoms with E-state index in [9.17, 15) is 14.4 Å². The van der Waals surface area contributed by atoms with Crippen molar-refractivity contribution in [2.24, 2.45) is 5.10 Å². The lowest BCUT2D eigenvalue weighted by Gasteiger charge is -2.06. The minimum Gasteiger partial charge on any atom is -0.480 e. The SMILES string of the molecule is C/C(=N\Nc1ccccc1C(=O)O)C(=O)NCC(=O)O. The predicted octanol–water partition coefficient (Wildman–Crippen LogP) is 0.373. The van der Waals surface area contributed by atoms with Crippen molar-refractivity contribution in [2.75, 3.05) is 12.0 Å². The number of hydrazone groups is 1. The van der Waals surface area contributed by atoms with Gasteiger partial charge in [0.1, 0.15) is 12.3 Å². The molecular formula is C12H13N3O5. The van der Waals surface area contributed by atoms with Gasteiger partial charge in [-0.3, -0.25) is 15.0 Å². The van der Waals surface area contributed by atoms with E-state index in [1.54, 1.807) is 12.1 Å². The van der Waals surface area contributed by atoms with Gasteiger partial charge in [0.2, 0.25) is 0 Å². The molecule has 0 bridgehead atoms. The highest BCUT2D eigenvalue weighted by Gasteiger charge is 2.10. The summed E-state index contributed by atoms with van der Waals surface area (Å²) in [5.74, 6) is -2.96. The standard InChI is InChI=1S/C12H13N3O5/c1-7(11(18)13-6-10(16)17)14-15-9-5-3-2-4-8(9)12(19)20/h2-5,15H,6H2,1H3,(H,13,18)(H,16,17)(H,19,20)/b14-7+. The Bertz CT molecular complexity index is 568. The number of benzene rings is 1. The molecule has 0 atom stereocenters. The number of carbonyl (C=O) groups excluding carboxylic acids is 1. The third kappa shape index (κ3) is 4.41. The summed E-state index contributed by atoms with van der Waals surface area (Å²) in [6.07, 6.45) is 0. The van der Waals surface area contributed by atoms with Crippen molar-refractivity contribution < 1.29 is 24.6 Å². The summed E-state index contributed by atoms with van der Waals surface area (Å²) >= 11 is 0. The Hall–Kier alpha value is -2.90. The van der Waals surface area contributed by atoms with Gasteiger partial charge in [-0.1, -0.05) is 12.1 Å². The number of para-hydroxylation sites is 1. The Labute approximate surface area is 114 Å². The van der Waals surface area contributed by atoms with Gasteiger partial charge < -0.3 is 15.5 Å². The monoisotopic (exact) mass is 279 g/mol. The van der Waals surface area contributed by atoms with Gasteiger partial charge in [0.15, 0.2) is 0 Å². The van der Waals surface area contributed by atoms with Crippen LogP contribution in [0.3, 0.4) is 0 Å². The first-order chi connectivity index (χ1) is 9.41. The Morgan fingerprint density at radius 1 is 1.20 bits per heavy atom.